The molecule has 4 aliphatic rings. The first-order valence-corrected chi connectivity index (χ1v) is 25.6. The van der Waals surface area contributed by atoms with E-state index in [0.29, 0.717) is 17.5 Å². The van der Waals surface area contributed by atoms with Crippen molar-refractivity contribution < 1.29 is 0 Å². The van der Waals surface area contributed by atoms with Crippen molar-refractivity contribution in [2.75, 3.05) is 0 Å². The summed E-state index contributed by atoms with van der Waals surface area (Å²) in [6, 6.07) is 87.8. The van der Waals surface area contributed by atoms with Crippen LogP contribution in [0.4, 0.5) is 0 Å². The van der Waals surface area contributed by atoms with Gasteiger partial charge in [0.25, 0.3) is 0 Å². The molecular formula is C70H47N3. The quantitative estimate of drug-likeness (QED) is 0.173. The Balaban J connectivity index is 0.922. The molecule has 342 valence electrons. The Bertz CT molecular complexity index is 3980. The van der Waals surface area contributed by atoms with Gasteiger partial charge in [-0.3, -0.25) is 0 Å². The third-order valence-corrected chi connectivity index (χ3v) is 16.7. The fraction of sp³-hybridized carbons (Fsp3) is 0.0714. The first kappa shape index (κ1) is 41.7. The summed E-state index contributed by atoms with van der Waals surface area (Å²) in [6.07, 6.45) is 6.76. The van der Waals surface area contributed by atoms with E-state index in [4.69, 9.17) is 15.0 Å². The maximum Gasteiger partial charge on any atom is 0.164 e. The lowest BCUT2D eigenvalue weighted by atomic mass is 9.52. The molecule has 1 aromatic heterocycles. The molecule has 0 radical (unpaired) electrons. The minimum atomic E-state index is -0.566. The van der Waals surface area contributed by atoms with Crippen LogP contribution in [0.3, 0.4) is 0 Å². The molecule has 0 saturated carbocycles. The molecule has 0 N–H and O–H groups in total. The number of allylic oxidation sites excluding steroid dienone is 4. The smallest absolute Gasteiger partial charge is 0.164 e. The van der Waals surface area contributed by atoms with E-state index in [-0.39, 0.29) is 11.8 Å². The Morgan fingerprint density at radius 3 is 1.29 bits per heavy atom. The molecule has 3 heteroatoms. The van der Waals surface area contributed by atoms with E-state index in [1.165, 1.54) is 94.2 Å². The first-order valence-electron chi connectivity index (χ1n) is 25.6. The summed E-state index contributed by atoms with van der Waals surface area (Å²) in [4.78, 5) is 15.4. The molecule has 4 aliphatic carbocycles. The van der Waals surface area contributed by atoms with Crippen molar-refractivity contribution >= 4 is 16.3 Å². The number of nitrogens with zero attached hydrogens (tertiary/aromatic N) is 3. The molecule has 10 aromatic carbocycles. The number of fused-ring (bicyclic) bond motifs is 17. The third kappa shape index (κ3) is 5.79. The molecule has 11 aromatic rings. The highest BCUT2D eigenvalue weighted by Gasteiger charge is 2.59. The summed E-state index contributed by atoms with van der Waals surface area (Å²) < 4.78 is 0. The predicted molar refractivity (Wildman–Crippen MR) is 297 cm³/mol. The average molecular weight is 930 g/mol. The SMILES string of the molecule is CC1C(c2nc(-c3ccccc3)nc(-c3ccccc3)n2)=CC=CC1c1ccc(-c2ccc3c(c2)C2(c4ccccc4-c4ccccc42)c2ccccc2C32c3ccccc3-c3ccccc32)c2ccccc12. The normalized spacial score (nSPS) is 16.8. The van der Waals surface area contributed by atoms with Crippen molar-refractivity contribution in [3.8, 4) is 56.2 Å². The molecule has 2 unspecified atom stereocenters. The maximum absolute atomic E-state index is 5.18. The molecule has 0 bridgehead atoms. The fourth-order valence-electron chi connectivity index (χ4n) is 13.7. The van der Waals surface area contributed by atoms with Gasteiger partial charge < -0.3 is 0 Å². The molecule has 0 aliphatic heterocycles. The third-order valence-electron chi connectivity index (χ3n) is 16.7. The van der Waals surface area contributed by atoms with Crippen molar-refractivity contribution in [3.63, 3.8) is 0 Å². The molecule has 0 amide bonds. The van der Waals surface area contributed by atoms with Crippen LogP contribution in [0.5, 0.6) is 0 Å². The first-order chi connectivity index (χ1) is 36.1. The van der Waals surface area contributed by atoms with Gasteiger partial charge in [-0.2, -0.15) is 0 Å². The van der Waals surface area contributed by atoms with Gasteiger partial charge in [0.05, 0.1) is 10.8 Å². The summed E-state index contributed by atoms with van der Waals surface area (Å²) in [5.74, 6) is 2.21. The molecular weight excluding hydrogens is 883 g/mol. The van der Waals surface area contributed by atoms with E-state index in [0.717, 1.165) is 16.7 Å². The highest BCUT2D eigenvalue weighted by Crippen LogP contribution is 2.67. The summed E-state index contributed by atoms with van der Waals surface area (Å²) in [6.45, 7) is 2.32. The van der Waals surface area contributed by atoms with E-state index in [9.17, 15) is 0 Å². The van der Waals surface area contributed by atoms with Gasteiger partial charge in [-0.25, -0.2) is 15.0 Å². The van der Waals surface area contributed by atoms with E-state index < -0.39 is 10.8 Å². The van der Waals surface area contributed by atoms with Gasteiger partial charge in [-0.1, -0.05) is 256 Å². The van der Waals surface area contributed by atoms with Crippen molar-refractivity contribution in [3.05, 3.63) is 311 Å². The minimum Gasteiger partial charge on any atom is -0.209 e. The standard InChI is InChI=1S/C70H47N3/c1-44-48(31-20-32-49(44)68-72-66(45-21-4-2-5-22-45)71-67(73-68)46-23-6-3-7-24-46)53-41-40-50(51-25-8-9-26-52(51)53)47-39-42-64-65(43-47)70(60-35-16-12-29-56(60)57-30-13-17-36-61(57)70)63-38-19-18-37-62(63)69(64)58-33-14-10-27-54(58)55-28-11-15-34-59(55)69/h2-44,48H,1H3. The summed E-state index contributed by atoms with van der Waals surface area (Å²) >= 11 is 0. The molecule has 0 fully saturated rings. The molecule has 0 saturated heterocycles. The number of rotatable bonds is 5. The molecule has 73 heavy (non-hydrogen) atoms. The molecule has 2 spiro atoms. The molecule has 15 rings (SSSR count). The zero-order chi connectivity index (χ0) is 48.3. The maximum atomic E-state index is 5.18. The largest absolute Gasteiger partial charge is 0.209 e. The van der Waals surface area contributed by atoms with E-state index in [1.54, 1.807) is 0 Å². The van der Waals surface area contributed by atoms with Crippen LogP contribution < -0.4 is 0 Å². The Kier molecular flexibility index (Phi) is 9.13. The van der Waals surface area contributed by atoms with Gasteiger partial charge in [0, 0.05) is 22.6 Å². The lowest BCUT2D eigenvalue weighted by Crippen LogP contribution is -2.43. The summed E-state index contributed by atoms with van der Waals surface area (Å²) in [5.41, 5.74) is 21.6. The number of hydrogen-bond acceptors (Lipinski definition) is 3. The van der Waals surface area contributed by atoms with Crippen molar-refractivity contribution in [2.45, 2.75) is 23.7 Å². The van der Waals surface area contributed by atoms with Gasteiger partial charge in [-0.05, 0) is 106 Å². The molecule has 1 heterocycles. The Morgan fingerprint density at radius 2 is 0.753 bits per heavy atom. The van der Waals surface area contributed by atoms with Crippen LogP contribution in [0.1, 0.15) is 68.7 Å². The second kappa shape index (κ2) is 16.0. The fourth-order valence-corrected chi connectivity index (χ4v) is 13.7. The lowest BCUT2D eigenvalue weighted by molar-refractivity contribution is 0.633. The van der Waals surface area contributed by atoms with Gasteiger partial charge in [0.1, 0.15) is 0 Å². The Labute approximate surface area is 425 Å². The summed E-state index contributed by atoms with van der Waals surface area (Å²) in [7, 11) is 0. The lowest BCUT2D eigenvalue weighted by Gasteiger charge is -2.49. The van der Waals surface area contributed by atoms with E-state index in [1.807, 2.05) is 36.4 Å². The Hall–Kier alpha value is -9.05. The molecule has 3 nitrogen and oxygen atoms in total. The van der Waals surface area contributed by atoms with Gasteiger partial charge in [-0.15, -0.1) is 0 Å². The second-order valence-electron chi connectivity index (χ2n) is 20.1. The Morgan fingerprint density at radius 1 is 0.329 bits per heavy atom. The zero-order valence-electron chi connectivity index (χ0n) is 40.2. The van der Waals surface area contributed by atoms with Crippen molar-refractivity contribution in [1.29, 1.82) is 0 Å². The van der Waals surface area contributed by atoms with Crippen molar-refractivity contribution in [1.82, 2.24) is 15.0 Å². The van der Waals surface area contributed by atoms with Crippen LogP contribution in [-0.4, -0.2) is 15.0 Å². The number of hydrogen-bond donors (Lipinski definition) is 0. The van der Waals surface area contributed by atoms with Crippen LogP contribution in [-0.2, 0) is 10.8 Å². The number of benzene rings is 10. The van der Waals surface area contributed by atoms with Crippen LogP contribution in [0.2, 0.25) is 0 Å². The number of aromatic nitrogens is 3. The monoisotopic (exact) mass is 929 g/mol. The van der Waals surface area contributed by atoms with Crippen LogP contribution in [0, 0.1) is 5.92 Å². The van der Waals surface area contributed by atoms with E-state index in [2.05, 4.69) is 225 Å². The van der Waals surface area contributed by atoms with Gasteiger partial charge >= 0.3 is 0 Å². The van der Waals surface area contributed by atoms with Crippen molar-refractivity contribution in [2.24, 2.45) is 5.92 Å². The van der Waals surface area contributed by atoms with Gasteiger partial charge in [0.15, 0.2) is 17.5 Å². The summed E-state index contributed by atoms with van der Waals surface area (Å²) in [5, 5.41) is 2.48. The predicted octanol–water partition coefficient (Wildman–Crippen LogP) is 16.4. The van der Waals surface area contributed by atoms with Crippen LogP contribution in [0.25, 0.3) is 72.5 Å². The highest BCUT2D eigenvalue weighted by molar-refractivity contribution is 6.01. The zero-order valence-corrected chi connectivity index (χ0v) is 40.2. The minimum absolute atomic E-state index is 0.0771. The topological polar surface area (TPSA) is 38.7 Å². The van der Waals surface area contributed by atoms with Crippen LogP contribution >= 0.6 is 0 Å². The second-order valence-corrected chi connectivity index (χ2v) is 20.1. The van der Waals surface area contributed by atoms with E-state index >= 15 is 0 Å². The van der Waals surface area contributed by atoms with Gasteiger partial charge in [0.2, 0.25) is 0 Å². The molecule has 2 atom stereocenters. The average Bonchev–Trinajstić information content (AvgIpc) is 3.93. The van der Waals surface area contributed by atoms with Crippen LogP contribution in [0.15, 0.2) is 255 Å². The highest BCUT2D eigenvalue weighted by atomic mass is 15.0.